The van der Waals surface area contributed by atoms with Crippen molar-refractivity contribution in [3.05, 3.63) is 64.0 Å². The number of amides is 1. The van der Waals surface area contributed by atoms with Crippen LogP contribution in [0, 0.1) is 15.9 Å². The summed E-state index contributed by atoms with van der Waals surface area (Å²) in [7, 11) is 0. The van der Waals surface area contributed by atoms with Crippen molar-refractivity contribution >= 4 is 17.3 Å². The van der Waals surface area contributed by atoms with E-state index in [1.54, 1.807) is 17.0 Å². The molecule has 0 saturated carbocycles. The van der Waals surface area contributed by atoms with Gasteiger partial charge in [-0.15, -0.1) is 0 Å². The molecule has 1 aliphatic rings. The van der Waals surface area contributed by atoms with Crippen LogP contribution in [-0.4, -0.2) is 52.4 Å². The van der Waals surface area contributed by atoms with Gasteiger partial charge < -0.3 is 15.4 Å². The number of nitrogens with two attached hydrogens (primary N) is 1. The van der Waals surface area contributed by atoms with Gasteiger partial charge in [-0.3, -0.25) is 19.8 Å². The lowest BCUT2D eigenvalue weighted by atomic mass is 10.1. The number of hydrogen-bond acceptors (Lipinski definition) is 6. The van der Waals surface area contributed by atoms with Crippen LogP contribution < -0.4 is 10.5 Å². The molecule has 1 heterocycles. The minimum atomic E-state index is -0.589. The lowest BCUT2D eigenvalue weighted by molar-refractivity contribution is -0.384. The molecule has 2 aromatic carbocycles. The first kappa shape index (κ1) is 21.5. The third kappa shape index (κ3) is 5.04. The summed E-state index contributed by atoms with van der Waals surface area (Å²) in [4.78, 5) is 27.1. The molecule has 0 aliphatic carbocycles. The van der Waals surface area contributed by atoms with Gasteiger partial charge in [0.2, 0.25) is 0 Å². The van der Waals surface area contributed by atoms with Crippen LogP contribution in [0.2, 0.25) is 0 Å². The van der Waals surface area contributed by atoms with Crippen molar-refractivity contribution in [3.63, 3.8) is 0 Å². The Hall–Kier alpha value is -3.20. The molecular weight excluding hydrogens is 391 g/mol. The second-order valence-corrected chi connectivity index (χ2v) is 7.57. The number of anilines is 1. The topological polar surface area (TPSA) is 102 Å². The van der Waals surface area contributed by atoms with Gasteiger partial charge in [0.25, 0.3) is 11.6 Å². The first-order chi connectivity index (χ1) is 14.2. The van der Waals surface area contributed by atoms with Crippen molar-refractivity contribution < 1.29 is 18.8 Å². The lowest BCUT2D eigenvalue weighted by Gasteiger charge is -2.44. The molecule has 1 aliphatic heterocycles. The molecule has 8 nitrogen and oxygen atoms in total. The van der Waals surface area contributed by atoms with Crippen molar-refractivity contribution in [2.45, 2.75) is 32.5 Å². The van der Waals surface area contributed by atoms with Gasteiger partial charge in [-0.05, 0) is 43.7 Å². The Bertz CT molecular complexity index is 922. The highest BCUT2D eigenvalue weighted by atomic mass is 19.1. The van der Waals surface area contributed by atoms with Crippen LogP contribution in [0.5, 0.6) is 5.75 Å². The summed E-state index contributed by atoms with van der Waals surface area (Å²) < 4.78 is 18.6. The number of carbonyl (C=O) groups excluding carboxylic acids is 1. The Morgan fingerprint density at radius 2 is 1.90 bits per heavy atom. The zero-order valence-corrected chi connectivity index (χ0v) is 17.0. The van der Waals surface area contributed by atoms with Crippen LogP contribution in [-0.2, 0) is 11.3 Å². The van der Waals surface area contributed by atoms with Crippen LogP contribution in [0.3, 0.4) is 0 Å². The molecule has 1 saturated heterocycles. The average Bonchev–Trinajstić information content (AvgIpc) is 2.71. The fourth-order valence-corrected chi connectivity index (χ4v) is 3.59. The Morgan fingerprint density at radius 1 is 1.20 bits per heavy atom. The molecule has 0 bridgehead atoms. The smallest absolute Gasteiger partial charge is 0.295 e. The molecule has 1 amide bonds. The van der Waals surface area contributed by atoms with Crippen LogP contribution >= 0.6 is 0 Å². The highest BCUT2D eigenvalue weighted by Gasteiger charge is 2.32. The standard InChI is InChI=1S/C21H25FN4O4/c1-14-11-25(15(2)10-24(14)12-16-3-5-17(22)6-4-16)21(27)13-30-18-7-8-19(23)20(9-18)26(28)29/h3-9,14-15H,10-13,23H2,1-2H3/t14-,15+/m1/s1. The largest absolute Gasteiger partial charge is 0.484 e. The SMILES string of the molecule is C[C@@H]1CN(C(=O)COc2ccc(N)c([N+](=O)[O-])c2)[C@@H](C)CN1Cc1ccc(F)cc1. The van der Waals surface area contributed by atoms with Crippen molar-refractivity contribution in [2.24, 2.45) is 0 Å². The van der Waals surface area contributed by atoms with Gasteiger partial charge in [0.15, 0.2) is 6.61 Å². The van der Waals surface area contributed by atoms with Gasteiger partial charge in [0.05, 0.1) is 11.0 Å². The summed E-state index contributed by atoms with van der Waals surface area (Å²) in [5.41, 5.74) is 6.38. The average molecular weight is 416 g/mol. The van der Waals surface area contributed by atoms with E-state index in [0.29, 0.717) is 19.6 Å². The summed E-state index contributed by atoms with van der Waals surface area (Å²) in [6, 6.07) is 10.6. The van der Waals surface area contributed by atoms with E-state index in [0.717, 1.165) is 5.56 Å². The third-order valence-corrected chi connectivity index (χ3v) is 5.30. The first-order valence-corrected chi connectivity index (χ1v) is 9.69. The fourth-order valence-electron chi connectivity index (χ4n) is 3.59. The van der Waals surface area contributed by atoms with E-state index >= 15 is 0 Å². The fraction of sp³-hybridized carbons (Fsp3) is 0.381. The van der Waals surface area contributed by atoms with E-state index in [1.807, 2.05) is 13.8 Å². The van der Waals surface area contributed by atoms with E-state index in [-0.39, 0.29) is 47.5 Å². The van der Waals surface area contributed by atoms with E-state index in [2.05, 4.69) is 4.90 Å². The summed E-state index contributed by atoms with van der Waals surface area (Å²) in [5, 5.41) is 11.0. The molecule has 3 rings (SSSR count). The molecule has 160 valence electrons. The van der Waals surface area contributed by atoms with E-state index in [4.69, 9.17) is 10.5 Å². The Labute approximate surface area is 174 Å². The van der Waals surface area contributed by atoms with Crippen LogP contribution in [0.1, 0.15) is 19.4 Å². The summed E-state index contributed by atoms with van der Waals surface area (Å²) in [6.45, 7) is 5.69. The minimum absolute atomic E-state index is 0.0292. The van der Waals surface area contributed by atoms with Gasteiger partial charge in [0.1, 0.15) is 17.3 Å². The highest BCUT2D eigenvalue weighted by Crippen LogP contribution is 2.26. The number of rotatable bonds is 6. The molecular formula is C21H25FN4O4. The number of hydrogen-bond donors (Lipinski definition) is 1. The third-order valence-electron chi connectivity index (χ3n) is 5.30. The molecule has 0 radical (unpaired) electrons. The molecule has 9 heteroatoms. The molecule has 2 N–H and O–H groups in total. The van der Waals surface area contributed by atoms with Crippen LogP contribution in [0.15, 0.2) is 42.5 Å². The number of benzene rings is 2. The number of halogens is 1. The van der Waals surface area contributed by atoms with Crippen LogP contribution in [0.25, 0.3) is 0 Å². The Balaban J connectivity index is 1.58. The molecule has 0 spiro atoms. The van der Waals surface area contributed by atoms with E-state index in [9.17, 15) is 19.3 Å². The number of nitro benzene ring substituents is 1. The van der Waals surface area contributed by atoms with Gasteiger partial charge in [-0.25, -0.2) is 4.39 Å². The summed E-state index contributed by atoms with van der Waals surface area (Å²) in [5.74, 6) is -0.225. The van der Waals surface area contributed by atoms with Gasteiger partial charge in [-0.2, -0.15) is 0 Å². The summed E-state index contributed by atoms with van der Waals surface area (Å²) >= 11 is 0. The second-order valence-electron chi connectivity index (χ2n) is 7.57. The lowest BCUT2D eigenvalue weighted by Crippen LogP contribution is -2.58. The molecule has 30 heavy (non-hydrogen) atoms. The van der Waals surface area contributed by atoms with E-state index in [1.165, 1.54) is 30.3 Å². The quantitative estimate of drug-likeness (QED) is 0.441. The molecule has 0 unspecified atom stereocenters. The normalized spacial score (nSPS) is 19.5. The molecule has 0 aromatic heterocycles. The van der Waals surface area contributed by atoms with Gasteiger partial charge in [-0.1, -0.05) is 12.1 Å². The maximum absolute atomic E-state index is 13.1. The number of ether oxygens (including phenoxy) is 1. The number of carbonyl (C=O) groups is 1. The Kier molecular flexibility index (Phi) is 6.51. The molecule has 2 atom stereocenters. The molecule has 2 aromatic rings. The predicted octanol–water partition coefficient (Wildman–Crippen LogP) is 2.82. The van der Waals surface area contributed by atoms with Crippen molar-refractivity contribution in [1.29, 1.82) is 0 Å². The zero-order valence-electron chi connectivity index (χ0n) is 17.0. The Morgan fingerprint density at radius 3 is 2.57 bits per heavy atom. The first-order valence-electron chi connectivity index (χ1n) is 9.69. The van der Waals surface area contributed by atoms with Crippen molar-refractivity contribution in [1.82, 2.24) is 9.80 Å². The monoisotopic (exact) mass is 416 g/mol. The maximum atomic E-state index is 13.1. The minimum Gasteiger partial charge on any atom is -0.484 e. The second kappa shape index (κ2) is 9.08. The highest BCUT2D eigenvalue weighted by molar-refractivity contribution is 5.78. The number of nitrogens with zero attached hydrogens (tertiary/aromatic N) is 3. The van der Waals surface area contributed by atoms with Gasteiger partial charge >= 0.3 is 0 Å². The van der Waals surface area contributed by atoms with Crippen LogP contribution in [0.4, 0.5) is 15.8 Å². The maximum Gasteiger partial charge on any atom is 0.295 e. The zero-order chi connectivity index (χ0) is 21.8. The number of nitro groups is 1. The van der Waals surface area contributed by atoms with Crippen molar-refractivity contribution in [3.8, 4) is 5.75 Å². The summed E-state index contributed by atoms with van der Waals surface area (Å²) in [6.07, 6.45) is 0. The number of piperazine rings is 1. The van der Waals surface area contributed by atoms with Gasteiger partial charge in [0, 0.05) is 31.7 Å². The van der Waals surface area contributed by atoms with E-state index < -0.39 is 4.92 Å². The molecule has 1 fully saturated rings. The predicted molar refractivity (Wildman–Crippen MR) is 110 cm³/mol. The number of nitrogen functional groups attached to an aromatic ring is 1. The van der Waals surface area contributed by atoms with Crippen molar-refractivity contribution in [2.75, 3.05) is 25.4 Å².